The molecule has 0 aromatic heterocycles. The van der Waals surface area contributed by atoms with Crippen molar-refractivity contribution in [2.24, 2.45) is 5.92 Å². The van der Waals surface area contributed by atoms with E-state index >= 15 is 0 Å². The van der Waals surface area contributed by atoms with E-state index in [1.54, 1.807) is 14.2 Å². The Kier molecular flexibility index (Phi) is 4.51. The van der Waals surface area contributed by atoms with E-state index in [1.807, 2.05) is 60.7 Å². The van der Waals surface area contributed by atoms with Crippen LogP contribution in [0, 0.1) is 17.8 Å². The van der Waals surface area contributed by atoms with Gasteiger partial charge in [0.25, 0.3) is 0 Å². The molecule has 1 unspecified atom stereocenters. The second kappa shape index (κ2) is 6.98. The number of rotatable bonds is 4. The van der Waals surface area contributed by atoms with Crippen LogP contribution in [0.1, 0.15) is 24.0 Å². The topological polar surface area (TPSA) is 38.7 Å². The van der Waals surface area contributed by atoms with Gasteiger partial charge in [0.05, 0.1) is 14.2 Å². The van der Waals surface area contributed by atoms with Crippen LogP contribution >= 0.6 is 0 Å². The van der Waals surface area contributed by atoms with Gasteiger partial charge in [0.15, 0.2) is 5.60 Å². The molecule has 1 aliphatic carbocycles. The maximum absolute atomic E-state index is 11.3. The first-order valence-electron chi connectivity index (χ1n) is 9.10. The molecule has 136 valence electrons. The molecule has 0 spiro atoms. The van der Waals surface area contributed by atoms with Gasteiger partial charge < -0.3 is 14.6 Å². The highest BCUT2D eigenvalue weighted by molar-refractivity contribution is 5.85. The molecule has 1 aliphatic rings. The maximum Gasteiger partial charge on any atom is 0.154 e. The summed E-state index contributed by atoms with van der Waals surface area (Å²) >= 11 is 0. The normalized spacial score (nSPS) is 15.5. The predicted octanol–water partition coefficient (Wildman–Crippen LogP) is 4.51. The highest BCUT2D eigenvalue weighted by atomic mass is 16.5. The van der Waals surface area contributed by atoms with Crippen molar-refractivity contribution in [3.63, 3.8) is 0 Å². The van der Waals surface area contributed by atoms with Gasteiger partial charge in [-0.05, 0) is 65.6 Å². The largest absolute Gasteiger partial charge is 0.497 e. The van der Waals surface area contributed by atoms with Crippen molar-refractivity contribution in [3.05, 3.63) is 71.8 Å². The molecule has 0 amide bonds. The summed E-state index contributed by atoms with van der Waals surface area (Å²) in [6.07, 6.45) is 1.99. The lowest BCUT2D eigenvalue weighted by molar-refractivity contribution is 0.0756. The van der Waals surface area contributed by atoms with E-state index in [1.165, 1.54) is 0 Å². The van der Waals surface area contributed by atoms with Gasteiger partial charge in [-0.2, -0.15) is 0 Å². The van der Waals surface area contributed by atoms with Crippen LogP contribution in [0.5, 0.6) is 11.5 Å². The first-order valence-corrected chi connectivity index (χ1v) is 9.10. The third-order valence-corrected chi connectivity index (χ3v) is 5.14. The molecule has 3 aromatic rings. The van der Waals surface area contributed by atoms with Gasteiger partial charge in [0.1, 0.15) is 11.5 Å². The predicted molar refractivity (Wildman–Crippen MR) is 107 cm³/mol. The van der Waals surface area contributed by atoms with Crippen LogP contribution in [0.15, 0.2) is 60.7 Å². The minimum Gasteiger partial charge on any atom is -0.497 e. The Labute approximate surface area is 159 Å². The molecule has 0 bridgehead atoms. The minimum atomic E-state index is -1.12. The number of fused-ring (bicyclic) bond motifs is 1. The summed E-state index contributed by atoms with van der Waals surface area (Å²) in [5.74, 6) is 8.14. The second-order valence-corrected chi connectivity index (χ2v) is 6.95. The van der Waals surface area contributed by atoms with Crippen LogP contribution in [0.4, 0.5) is 0 Å². The maximum atomic E-state index is 11.3. The van der Waals surface area contributed by atoms with Crippen molar-refractivity contribution in [2.75, 3.05) is 14.2 Å². The van der Waals surface area contributed by atoms with E-state index in [0.29, 0.717) is 0 Å². The Balaban J connectivity index is 1.68. The van der Waals surface area contributed by atoms with Crippen LogP contribution in [0.3, 0.4) is 0 Å². The summed E-state index contributed by atoms with van der Waals surface area (Å²) in [5, 5.41) is 13.5. The average molecular weight is 358 g/mol. The Morgan fingerprint density at radius 2 is 1.48 bits per heavy atom. The van der Waals surface area contributed by atoms with Crippen molar-refractivity contribution in [1.29, 1.82) is 0 Å². The molecule has 1 atom stereocenters. The van der Waals surface area contributed by atoms with E-state index in [9.17, 15) is 5.11 Å². The van der Waals surface area contributed by atoms with E-state index in [2.05, 4.69) is 11.8 Å². The fourth-order valence-electron chi connectivity index (χ4n) is 3.35. The highest BCUT2D eigenvalue weighted by Gasteiger charge is 2.44. The van der Waals surface area contributed by atoms with Crippen molar-refractivity contribution >= 4 is 10.8 Å². The standard InChI is InChI=1S/C24H22O3/c1-26-22-11-8-21(9-12-22)24(25,20-6-7-20)14-13-17-3-4-19-16-23(27-2)10-5-18(19)15-17/h3-5,8-12,15-16,20,25H,6-7H2,1-2H3. The summed E-state index contributed by atoms with van der Waals surface area (Å²) in [5.41, 5.74) is 0.588. The molecule has 0 radical (unpaired) electrons. The van der Waals surface area contributed by atoms with Gasteiger partial charge in [-0.3, -0.25) is 0 Å². The number of methoxy groups -OCH3 is 2. The first kappa shape index (κ1) is 17.5. The van der Waals surface area contributed by atoms with Gasteiger partial charge in [0.2, 0.25) is 0 Å². The lowest BCUT2D eigenvalue weighted by atomic mass is 9.89. The molecule has 3 aromatic carbocycles. The van der Waals surface area contributed by atoms with Crippen LogP contribution in [-0.2, 0) is 5.60 Å². The zero-order valence-corrected chi connectivity index (χ0v) is 15.5. The fraction of sp³-hybridized carbons (Fsp3) is 0.250. The van der Waals surface area contributed by atoms with Crippen molar-refractivity contribution in [1.82, 2.24) is 0 Å². The first-order chi connectivity index (χ1) is 13.1. The quantitative estimate of drug-likeness (QED) is 0.698. The molecular formula is C24H22O3. The molecule has 1 saturated carbocycles. The summed E-state index contributed by atoms with van der Waals surface area (Å²) in [7, 11) is 3.30. The third kappa shape index (κ3) is 3.49. The molecule has 0 aliphatic heterocycles. The molecule has 3 nitrogen and oxygen atoms in total. The summed E-state index contributed by atoms with van der Waals surface area (Å²) in [6.45, 7) is 0. The molecule has 0 saturated heterocycles. The summed E-state index contributed by atoms with van der Waals surface area (Å²) in [4.78, 5) is 0. The molecule has 3 heteroatoms. The van der Waals surface area contributed by atoms with Gasteiger partial charge >= 0.3 is 0 Å². The van der Waals surface area contributed by atoms with E-state index in [-0.39, 0.29) is 5.92 Å². The monoisotopic (exact) mass is 358 g/mol. The van der Waals surface area contributed by atoms with Gasteiger partial charge in [0, 0.05) is 11.5 Å². The lowest BCUT2D eigenvalue weighted by Crippen LogP contribution is -2.26. The van der Waals surface area contributed by atoms with Gasteiger partial charge in [-0.1, -0.05) is 36.1 Å². The van der Waals surface area contributed by atoms with Gasteiger partial charge in [-0.15, -0.1) is 0 Å². The Morgan fingerprint density at radius 1 is 0.852 bits per heavy atom. The molecular weight excluding hydrogens is 336 g/mol. The molecule has 4 rings (SSSR count). The minimum absolute atomic E-state index is 0.183. The van der Waals surface area contributed by atoms with Crippen LogP contribution in [-0.4, -0.2) is 19.3 Å². The van der Waals surface area contributed by atoms with E-state index < -0.39 is 5.60 Å². The number of aliphatic hydroxyl groups is 1. The van der Waals surface area contributed by atoms with E-state index in [0.717, 1.165) is 46.2 Å². The second-order valence-electron chi connectivity index (χ2n) is 6.95. The SMILES string of the molecule is COc1ccc(C(O)(C#Cc2ccc3cc(OC)ccc3c2)C2CC2)cc1. The Morgan fingerprint density at radius 3 is 2.15 bits per heavy atom. The fourth-order valence-corrected chi connectivity index (χ4v) is 3.35. The zero-order valence-electron chi connectivity index (χ0n) is 15.5. The highest BCUT2D eigenvalue weighted by Crippen LogP contribution is 2.45. The Hall–Kier alpha value is -2.96. The van der Waals surface area contributed by atoms with Crippen molar-refractivity contribution in [3.8, 4) is 23.3 Å². The van der Waals surface area contributed by atoms with Crippen LogP contribution in [0.2, 0.25) is 0 Å². The molecule has 27 heavy (non-hydrogen) atoms. The van der Waals surface area contributed by atoms with Crippen LogP contribution in [0.25, 0.3) is 10.8 Å². The van der Waals surface area contributed by atoms with E-state index in [4.69, 9.17) is 9.47 Å². The third-order valence-electron chi connectivity index (χ3n) is 5.14. The molecule has 1 fully saturated rings. The summed E-state index contributed by atoms with van der Waals surface area (Å²) < 4.78 is 10.5. The smallest absolute Gasteiger partial charge is 0.154 e. The number of hydrogen-bond donors (Lipinski definition) is 1. The number of ether oxygens (including phenoxy) is 2. The van der Waals surface area contributed by atoms with Crippen molar-refractivity contribution in [2.45, 2.75) is 18.4 Å². The van der Waals surface area contributed by atoms with Crippen LogP contribution < -0.4 is 9.47 Å². The Bertz CT molecular complexity index is 1020. The van der Waals surface area contributed by atoms with Gasteiger partial charge in [-0.25, -0.2) is 0 Å². The molecule has 1 N–H and O–H groups in total. The lowest BCUT2D eigenvalue weighted by Gasteiger charge is -2.22. The number of hydrogen-bond acceptors (Lipinski definition) is 3. The van der Waals surface area contributed by atoms with Crippen molar-refractivity contribution < 1.29 is 14.6 Å². The summed E-state index contributed by atoms with van der Waals surface area (Å²) in [6, 6.07) is 19.6. The number of benzene rings is 3. The molecule has 0 heterocycles. The zero-order chi connectivity index (χ0) is 18.9. The average Bonchev–Trinajstić information content (AvgIpc) is 3.57.